The maximum atomic E-state index is 13.4. The zero-order valence-corrected chi connectivity index (χ0v) is 20.3. The van der Waals surface area contributed by atoms with Crippen molar-refractivity contribution in [1.29, 1.82) is 0 Å². The fourth-order valence-electron chi connectivity index (χ4n) is 4.57. The fraction of sp³-hybridized carbons (Fsp3) is 0.259. The number of hydrogen-bond acceptors (Lipinski definition) is 5. The van der Waals surface area contributed by atoms with E-state index in [0.29, 0.717) is 25.9 Å². The van der Waals surface area contributed by atoms with Gasteiger partial charge in [-0.2, -0.15) is 4.31 Å². The minimum Gasteiger partial charge on any atom is -0.460 e. The SMILES string of the molecule is Cc1nc2ccccc2n1Cc1ccc(S(=O)(=O)N2CCC[C@H]2C(=O)OCc2ccccc2)cc1. The van der Waals surface area contributed by atoms with E-state index in [0.717, 1.165) is 28.0 Å². The fourth-order valence-corrected chi connectivity index (χ4v) is 6.22. The highest BCUT2D eigenvalue weighted by molar-refractivity contribution is 7.89. The van der Waals surface area contributed by atoms with E-state index in [1.54, 1.807) is 12.1 Å². The van der Waals surface area contributed by atoms with Crippen LogP contribution in [0, 0.1) is 6.92 Å². The lowest BCUT2D eigenvalue weighted by molar-refractivity contribution is -0.148. The van der Waals surface area contributed by atoms with Crippen molar-refractivity contribution < 1.29 is 17.9 Å². The smallest absolute Gasteiger partial charge is 0.324 e. The number of imidazole rings is 1. The Hall–Kier alpha value is -3.49. The number of nitrogens with zero attached hydrogens (tertiary/aromatic N) is 3. The van der Waals surface area contributed by atoms with Gasteiger partial charge in [-0.3, -0.25) is 4.79 Å². The number of fused-ring (bicyclic) bond motifs is 1. The highest BCUT2D eigenvalue weighted by Crippen LogP contribution is 2.28. The minimum atomic E-state index is -3.82. The monoisotopic (exact) mass is 489 g/mol. The van der Waals surface area contributed by atoms with Crippen LogP contribution in [0.2, 0.25) is 0 Å². The molecule has 0 spiro atoms. The molecule has 0 amide bonds. The summed E-state index contributed by atoms with van der Waals surface area (Å²) >= 11 is 0. The molecule has 0 bridgehead atoms. The summed E-state index contributed by atoms with van der Waals surface area (Å²) in [6, 6.07) is 23.4. The highest BCUT2D eigenvalue weighted by atomic mass is 32.2. The third-order valence-electron chi connectivity index (χ3n) is 6.42. The molecule has 0 radical (unpaired) electrons. The quantitative estimate of drug-likeness (QED) is 0.362. The maximum absolute atomic E-state index is 13.4. The van der Waals surface area contributed by atoms with Crippen molar-refractivity contribution in [2.24, 2.45) is 0 Å². The van der Waals surface area contributed by atoms with Crippen LogP contribution >= 0.6 is 0 Å². The lowest BCUT2D eigenvalue weighted by Gasteiger charge is -2.23. The van der Waals surface area contributed by atoms with Crippen LogP contribution in [-0.4, -0.2) is 40.8 Å². The Morgan fingerprint density at radius 3 is 2.46 bits per heavy atom. The van der Waals surface area contributed by atoms with Crippen LogP contribution in [0.1, 0.15) is 29.8 Å². The average Bonchev–Trinajstić information content (AvgIpc) is 3.49. The van der Waals surface area contributed by atoms with E-state index in [4.69, 9.17) is 4.74 Å². The van der Waals surface area contributed by atoms with Crippen LogP contribution in [0.25, 0.3) is 11.0 Å². The van der Waals surface area contributed by atoms with Crippen molar-refractivity contribution >= 4 is 27.0 Å². The Balaban J connectivity index is 1.30. The first-order chi connectivity index (χ1) is 16.9. The van der Waals surface area contributed by atoms with Crippen molar-refractivity contribution in [2.75, 3.05) is 6.54 Å². The van der Waals surface area contributed by atoms with Gasteiger partial charge in [0.15, 0.2) is 0 Å². The van der Waals surface area contributed by atoms with Crippen molar-refractivity contribution in [3.8, 4) is 0 Å². The third kappa shape index (κ3) is 4.72. The molecule has 1 saturated heterocycles. The molecule has 7 nitrogen and oxygen atoms in total. The topological polar surface area (TPSA) is 81.5 Å². The van der Waals surface area contributed by atoms with E-state index in [9.17, 15) is 13.2 Å². The molecule has 1 atom stereocenters. The van der Waals surface area contributed by atoms with Gasteiger partial charge in [0.05, 0.1) is 15.9 Å². The van der Waals surface area contributed by atoms with Gasteiger partial charge in [-0.1, -0.05) is 54.6 Å². The third-order valence-corrected chi connectivity index (χ3v) is 8.34. The average molecular weight is 490 g/mol. The number of esters is 1. The minimum absolute atomic E-state index is 0.126. The lowest BCUT2D eigenvalue weighted by atomic mass is 10.2. The molecule has 0 N–H and O–H groups in total. The summed E-state index contributed by atoms with van der Waals surface area (Å²) in [5.41, 5.74) is 3.80. The van der Waals surface area contributed by atoms with Gasteiger partial charge in [-0.15, -0.1) is 0 Å². The molecule has 1 fully saturated rings. The number of carbonyl (C=O) groups excluding carboxylic acids is 1. The summed E-state index contributed by atoms with van der Waals surface area (Å²) in [6.45, 7) is 2.98. The van der Waals surface area contributed by atoms with Crippen LogP contribution in [0.4, 0.5) is 0 Å². The van der Waals surface area contributed by atoms with Crippen molar-refractivity contribution in [1.82, 2.24) is 13.9 Å². The Bertz CT molecular complexity index is 1450. The molecule has 35 heavy (non-hydrogen) atoms. The van der Waals surface area contributed by atoms with E-state index in [-0.39, 0.29) is 11.5 Å². The molecule has 0 unspecified atom stereocenters. The highest BCUT2D eigenvalue weighted by Gasteiger charge is 2.40. The second-order valence-corrected chi connectivity index (χ2v) is 10.6. The number of aryl methyl sites for hydroxylation is 1. The summed E-state index contributed by atoms with van der Waals surface area (Å²) < 4.78 is 35.6. The predicted octanol–water partition coefficient (Wildman–Crippen LogP) is 4.29. The Kier molecular flexibility index (Phi) is 6.40. The summed E-state index contributed by atoms with van der Waals surface area (Å²) in [6.07, 6.45) is 1.08. The molecule has 0 aliphatic carbocycles. The van der Waals surface area contributed by atoms with Gasteiger partial charge in [-0.25, -0.2) is 13.4 Å². The second kappa shape index (κ2) is 9.64. The van der Waals surface area contributed by atoms with Crippen LogP contribution in [0.5, 0.6) is 0 Å². The molecule has 1 aromatic heterocycles. The van der Waals surface area contributed by atoms with Crippen LogP contribution < -0.4 is 0 Å². The Morgan fingerprint density at radius 2 is 1.69 bits per heavy atom. The second-order valence-electron chi connectivity index (χ2n) is 8.74. The summed E-state index contributed by atoms with van der Waals surface area (Å²) in [7, 11) is -3.82. The number of ether oxygens (including phenoxy) is 1. The van der Waals surface area contributed by atoms with Crippen LogP contribution in [-0.2, 0) is 32.7 Å². The van der Waals surface area contributed by atoms with E-state index in [1.807, 2.05) is 73.7 Å². The van der Waals surface area contributed by atoms with Gasteiger partial charge in [0.25, 0.3) is 0 Å². The van der Waals surface area contributed by atoms with E-state index in [1.165, 1.54) is 4.31 Å². The zero-order chi connectivity index (χ0) is 24.4. The number of rotatable bonds is 7. The molecule has 3 aromatic carbocycles. The molecule has 1 aliphatic heterocycles. The Labute approximate surface area is 205 Å². The first-order valence-corrected chi connectivity index (χ1v) is 13.1. The van der Waals surface area contributed by atoms with Crippen LogP contribution in [0.15, 0.2) is 83.8 Å². The molecule has 1 aliphatic rings. The van der Waals surface area contributed by atoms with Crippen LogP contribution in [0.3, 0.4) is 0 Å². The zero-order valence-electron chi connectivity index (χ0n) is 19.5. The van der Waals surface area contributed by atoms with Gasteiger partial charge >= 0.3 is 5.97 Å². The molecule has 5 rings (SSSR count). The van der Waals surface area contributed by atoms with Gasteiger partial charge in [0.2, 0.25) is 10.0 Å². The van der Waals surface area contributed by atoms with Crippen molar-refractivity contribution in [2.45, 2.75) is 43.9 Å². The first kappa shape index (κ1) is 23.3. The number of aromatic nitrogens is 2. The first-order valence-electron chi connectivity index (χ1n) is 11.7. The predicted molar refractivity (Wildman–Crippen MR) is 133 cm³/mol. The number of carbonyl (C=O) groups is 1. The van der Waals surface area contributed by atoms with Gasteiger partial charge < -0.3 is 9.30 Å². The van der Waals surface area contributed by atoms with Gasteiger partial charge in [-0.05, 0) is 55.2 Å². The molecule has 0 saturated carbocycles. The molecular weight excluding hydrogens is 462 g/mol. The molecule has 8 heteroatoms. The molecule has 2 heterocycles. The summed E-state index contributed by atoms with van der Waals surface area (Å²) in [4.78, 5) is 17.5. The number of hydrogen-bond donors (Lipinski definition) is 0. The number of benzene rings is 3. The van der Waals surface area contributed by atoms with Gasteiger partial charge in [0, 0.05) is 13.1 Å². The van der Waals surface area contributed by atoms with E-state index in [2.05, 4.69) is 9.55 Å². The molecule has 180 valence electrons. The van der Waals surface area contributed by atoms with Crippen molar-refractivity contribution in [3.63, 3.8) is 0 Å². The summed E-state index contributed by atoms with van der Waals surface area (Å²) in [5, 5.41) is 0. The van der Waals surface area contributed by atoms with Crippen molar-refractivity contribution in [3.05, 3.63) is 95.8 Å². The lowest BCUT2D eigenvalue weighted by Crippen LogP contribution is -2.41. The normalized spacial score (nSPS) is 16.5. The number of sulfonamides is 1. The maximum Gasteiger partial charge on any atom is 0.324 e. The Morgan fingerprint density at radius 1 is 0.971 bits per heavy atom. The van der Waals surface area contributed by atoms with E-state index >= 15 is 0 Å². The standard InChI is InChI=1S/C27H27N3O4S/c1-20-28-24-10-5-6-11-25(24)29(20)18-21-13-15-23(16-14-21)35(32,33)30-17-7-12-26(30)27(31)34-19-22-8-3-2-4-9-22/h2-6,8-11,13-16,26H,7,12,17-19H2,1H3/t26-/m0/s1. The number of para-hydroxylation sites is 2. The van der Waals surface area contributed by atoms with E-state index < -0.39 is 22.0 Å². The van der Waals surface area contributed by atoms with Gasteiger partial charge in [0.1, 0.15) is 18.5 Å². The largest absolute Gasteiger partial charge is 0.460 e. The molecular formula is C27H27N3O4S. The molecule has 4 aromatic rings. The summed E-state index contributed by atoms with van der Waals surface area (Å²) in [5.74, 6) is 0.394.